The van der Waals surface area contributed by atoms with E-state index >= 15 is 8.78 Å². The lowest BCUT2D eigenvalue weighted by molar-refractivity contribution is -0.492. The Hall–Kier alpha value is -2.66. The van der Waals surface area contributed by atoms with Gasteiger partial charge < -0.3 is 24.6 Å². The molecule has 4 fully saturated rings. The van der Waals surface area contributed by atoms with Crippen LogP contribution in [0.1, 0.15) is 59.8 Å². The predicted octanol–water partition coefficient (Wildman–Crippen LogP) is 1.83. The van der Waals surface area contributed by atoms with Crippen LogP contribution in [0.25, 0.3) is 0 Å². The van der Waals surface area contributed by atoms with Crippen molar-refractivity contribution in [1.82, 2.24) is 10.7 Å². The fourth-order valence-electron chi connectivity index (χ4n) is 8.74. The van der Waals surface area contributed by atoms with Crippen molar-refractivity contribution in [3.05, 3.63) is 23.8 Å². The number of ketones is 2. The highest BCUT2D eigenvalue weighted by molar-refractivity contribution is 6.01. The molecule has 15 heteroatoms. The molecule has 4 N–H and O–H groups in total. The van der Waals surface area contributed by atoms with Crippen LogP contribution in [0.2, 0.25) is 0 Å². The first-order valence-electron chi connectivity index (χ1n) is 15.0. The monoisotopic (exact) mass is 642 g/mol. The smallest absolute Gasteiger partial charge is 0.325 e. The number of ether oxygens (including phenoxy) is 3. The molecule has 0 unspecified atom stereocenters. The zero-order chi connectivity index (χ0) is 33.2. The van der Waals surface area contributed by atoms with Crippen molar-refractivity contribution >= 4 is 23.4 Å². The molecule has 0 aromatic rings. The van der Waals surface area contributed by atoms with Gasteiger partial charge in [-0.25, -0.2) is 8.78 Å². The number of hydrogen-bond acceptors (Lipinski definition) is 12. The summed E-state index contributed by atoms with van der Waals surface area (Å²) < 4.78 is 51.0. The number of carbonyl (C=O) groups excluding carboxylic acids is 4. The zero-order valence-corrected chi connectivity index (χ0v) is 25.6. The fourth-order valence-corrected chi connectivity index (χ4v) is 8.74. The number of nitrogens with one attached hydrogen (secondary N) is 1. The van der Waals surface area contributed by atoms with Crippen molar-refractivity contribution in [2.45, 2.75) is 95.2 Å². The lowest BCUT2D eigenvalue weighted by Crippen LogP contribution is -2.71. The minimum absolute atomic E-state index is 0.0108. The Kier molecular flexibility index (Phi) is 8.64. The van der Waals surface area contributed by atoms with Crippen molar-refractivity contribution in [1.29, 1.82) is 0 Å². The van der Waals surface area contributed by atoms with E-state index in [1.807, 2.05) is 0 Å². The molecule has 4 aliphatic carbocycles. The normalized spacial score (nSPS) is 41.1. The zero-order valence-electron chi connectivity index (χ0n) is 25.6. The van der Waals surface area contributed by atoms with Gasteiger partial charge in [-0.15, -0.1) is 0 Å². The molecule has 5 aliphatic rings. The first-order chi connectivity index (χ1) is 20.9. The molecule has 1 aliphatic heterocycles. The van der Waals surface area contributed by atoms with Crippen molar-refractivity contribution in [2.24, 2.45) is 22.7 Å². The summed E-state index contributed by atoms with van der Waals surface area (Å²) in [4.78, 5) is 54.9. The number of aliphatic hydroxyl groups excluding tert-OH is 1. The number of carbonyl (C=O) groups is 4. The summed E-state index contributed by atoms with van der Waals surface area (Å²) in [7, 11) is 0. The summed E-state index contributed by atoms with van der Waals surface area (Å²) in [6, 6.07) is 0. The van der Waals surface area contributed by atoms with Crippen LogP contribution in [0, 0.1) is 22.7 Å². The molecule has 0 radical (unpaired) electrons. The van der Waals surface area contributed by atoms with Gasteiger partial charge in [0.05, 0.1) is 24.2 Å². The highest BCUT2D eigenvalue weighted by atomic mass is 19.1. The van der Waals surface area contributed by atoms with Crippen LogP contribution < -0.4 is 5.32 Å². The van der Waals surface area contributed by atoms with Crippen LogP contribution >= 0.6 is 0 Å². The quantitative estimate of drug-likeness (QED) is 0.154. The van der Waals surface area contributed by atoms with E-state index in [9.17, 15) is 24.3 Å². The maximum Gasteiger partial charge on any atom is 0.325 e. The van der Waals surface area contributed by atoms with Crippen LogP contribution in [-0.4, -0.2) is 99.5 Å². The highest BCUT2D eigenvalue weighted by Crippen LogP contribution is 2.72. The van der Waals surface area contributed by atoms with E-state index in [4.69, 9.17) is 24.6 Å². The van der Waals surface area contributed by atoms with Gasteiger partial charge in [-0.3, -0.25) is 34.4 Å². The summed E-state index contributed by atoms with van der Waals surface area (Å²) in [6.07, 6.45) is -0.995. The van der Waals surface area contributed by atoms with Gasteiger partial charge in [-0.05, 0) is 70.1 Å². The Morgan fingerprint density at radius 2 is 1.87 bits per heavy atom. The van der Waals surface area contributed by atoms with E-state index in [2.05, 4.69) is 10.2 Å². The fraction of sp³-hybridized carbons (Fsp3) is 0.733. The van der Waals surface area contributed by atoms with E-state index < -0.39 is 100 Å². The van der Waals surface area contributed by atoms with Crippen molar-refractivity contribution in [2.75, 3.05) is 19.8 Å². The van der Waals surface area contributed by atoms with Gasteiger partial charge in [0.15, 0.2) is 29.4 Å². The number of aliphatic hydroxyl groups is 1. The average molecular weight is 643 g/mol. The molecule has 0 aromatic heterocycles. The Balaban J connectivity index is 1.34. The molecule has 0 aromatic carbocycles. The van der Waals surface area contributed by atoms with Gasteiger partial charge in [-0.1, -0.05) is 13.0 Å². The number of hydrogen-bond donors (Lipinski definition) is 4. The van der Waals surface area contributed by atoms with Gasteiger partial charge in [0, 0.05) is 23.2 Å². The first kappa shape index (κ1) is 33.7. The van der Waals surface area contributed by atoms with Gasteiger partial charge in [-0.2, -0.15) is 0 Å². The molecule has 250 valence electrons. The predicted molar refractivity (Wildman–Crippen MR) is 146 cm³/mol. The molecular weight excluding hydrogens is 602 g/mol. The van der Waals surface area contributed by atoms with Crippen LogP contribution in [-0.2, 0) is 38.2 Å². The van der Waals surface area contributed by atoms with E-state index in [1.165, 1.54) is 19.1 Å². The van der Waals surface area contributed by atoms with Crippen LogP contribution in [0.5, 0.6) is 0 Å². The molecule has 1 heterocycles. The van der Waals surface area contributed by atoms with Crippen molar-refractivity contribution < 1.29 is 62.5 Å². The van der Waals surface area contributed by atoms with E-state index in [-0.39, 0.29) is 44.3 Å². The molecule has 1 saturated heterocycles. The summed E-state index contributed by atoms with van der Waals surface area (Å²) in [5.41, 5.74) is -6.97. The van der Waals surface area contributed by atoms with E-state index in [1.54, 1.807) is 20.8 Å². The molecular formula is C30H40F2N2O11. The third kappa shape index (κ3) is 5.26. The maximum absolute atomic E-state index is 17.5. The topological polar surface area (TPSA) is 181 Å². The minimum Gasteiger partial charge on any atom is -0.456 e. The number of alkyl halides is 2. The Morgan fingerprint density at radius 3 is 2.56 bits per heavy atom. The summed E-state index contributed by atoms with van der Waals surface area (Å²) >= 11 is 0. The third-order valence-corrected chi connectivity index (χ3v) is 10.6. The standard InChI is InChI=1S/C30H40F2N2O11/c1-26(2)44-23-12-17-18-11-20(31)19-10-16(35)7-8-27(19,3)29(18,32)21(36)13-28(17,4)30(23,45-26)22(37)15-42-25(39)14-33-24(38)6-5-9-43-34(40)41/h7-8,10,17-18,20-21,23,36,40-41H,5-6,9,11-15H2,1-4H3,(H,33,38)/t17-,18-,20-,21-,23+,27-,28-,29-,30+/m0/s1. The molecule has 1 amide bonds. The number of amides is 1. The first-order valence-corrected chi connectivity index (χ1v) is 15.0. The summed E-state index contributed by atoms with van der Waals surface area (Å²) in [5, 5.41) is 30.4. The molecule has 13 nitrogen and oxygen atoms in total. The molecule has 3 saturated carbocycles. The van der Waals surface area contributed by atoms with Gasteiger partial charge in [0.25, 0.3) is 0 Å². The van der Waals surface area contributed by atoms with Gasteiger partial charge >= 0.3 is 5.97 Å². The highest BCUT2D eigenvalue weighted by Gasteiger charge is 2.80. The second-order valence-electron chi connectivity index (χ2n) is 13.5. The summed E-state index contributed by atoms with van der Waals surface area (Å²) in [6.45, 7) is 4.94. The lowest BCUT2D eigenvalue weighted by Gasteiger charge is -2.63. The number of rotatable bonds is 10. The van der Waals surface area contributed by atoms with Crippen molar-refractivity contribution in [3.8, 4) is 0 Å². The number of Topliss-reactive ketones (excluding diaryl/α,β-unsaturated/α-hetero) is 1. The number of esters is 1. The molecule has 9 atom stereocenters. The third-order valence-electron chi connectivity index (χ3n) is 10.6. The Morgan fingerprint density at radius 1 is 1.16 bits per heavy atom. The maximum atomic E-state index is 17.5. The van der Waals surface area contributed by atoms with Crippen molar-refractivity contribution in [3.63, 3.8) is 0 Å². The van der Waals surface area contributed by atoms with Gasteiger partial charge in [0.1, 0.15) is 12.7 Å². The molecule has 5 rings (SSSR count). The largest absolute Gasteiger partial charge is 0.456 e. The Labute approximate surface area is 258 Å². The number of fused-ring (bicyclic) bond motifs is 7. The number of halogens is 2. The van der Waals surface area contributed by atoms with Gasteiger partial charge in [0.2, 0.25) is 11.7 Å². The molecule has 0 spiro atoms. The lowest BCUT2D eigenvalue weighted by atomic mass is 9.44. The van der Waals surface area contributed by atoms with E-state index in [0.29, 0.717) is 0 Å². The Bertz CT molecular complexity index is 1320. The molecule has 0 bridgehead atoms. The van der Waals surface area contributed by atoms with Crippen LogP contribution in [0.4, 0.5) is 8.78 Å². The molecule has 45 heavy (non-hydrogen) atoms. The second-order valence-corrected chi connectivity index (χ2v) is 13.5. The number of nitrogens with zero attached hydrogens (tertiary/aromatic N) is 1. The minimum atomic E-state index is -2.35. The van der Waals surface area contributed by atoms with E-state index in [0.717, 1.165) is 6.08 Å². The van der Waals surface area contributed by atoms with Crippen LogP contribution in [0.3, 0.4) is 0 Å². The summed E-state index contributed by atoms with van der Waals surface area (Å²) in [5.74, 6) is -5.57. The van der Waals surface area contributed by atoms with Crippen LogP contribution in [0.15, 0.2) is 23.8 Å². The average Bonchev–Trinajstić information content (AvgIpc) is 3.36. The number of allylic oxidation sites excluding steroid dienone is 4. The second kappa shape index (κ2) is 11.5. The SMILES string of the molecule is CC1(C)O[C@@H]2C[C@H]3[C@@H]4C[C@H](F)C5=CC(=O)C=C[C@]5(C)[C@@]4(F)[C@@H](O)C[C@]3(C)[C@]2(C(=O)COC(=O)CNC(=O)CCCON(O)O)O1.